The average Bonchev–Trinajstić information content (AvgIpc) is 3.79. The van der Waals surface area contributed by atoms with E-state index in [9.17, 15) is 51.1 Å². The first-order valence-electron chi connectivity index (χ1n) is 26.6. The van der Waals surface area contributed by atoms with Gasteiger partial charge in [0.1, 0.15) is 79.4 Å². The fourth-order valence-electron chi connectivity index (χ4n) is 15.4. The maximum absolute atomic E-state index is 12.2. The lowest BCUT2D eigenvalue weighted by Crippen LogP contribution is -2.67. The predicted molar refractivity (Wildman–Crippen MR) is 244 cm³/mol. The van der Waals surface area contributed by atoms with Crippen LogP contribution in [0.25, 0.3) is 0 Å². The summed E-state index contributed by atoms with van der Waals surface area (Å²) in [5.74, 6) is 2.46. The molecule has 1 spiro atoms. The van der Waals surface area contributed by atoms with Crippen molar-refractivity contribution in [2.24, 2.45) is 46.3 Å². The first-order valence-corrected chi connectivity index (χ1v) is 26.6. The molecule has 31 atom stereocenters. The van der Waals surface area contributed by atoms with E-state index in [4.69, 9.17) is 47.4 Å². The third kappa shape index (κ3) is 9.03. The van der Waals surface area contributed by atoms with E-state index >= 15 is 0 Å². The van der Waals surface area contributed by atoms with Crippen molar-refractivity contribution in [3.8, 4) is 0 Å². The van der Waals surface area contributed by atoms with Crippen molar-refractivity contribution in [1.82, 2.24) is 0 Å². The Morgan fingerprint density at radius 3 is 1.82 bits per heavy atom. The Kier molecular flexibility index (Phi) is 15.1. The Bertz CT molecular complexity index is 1890. The summed E-state index contributed by atoms with van der Waals surface area (Å²) in [5.41, 5.74) is 1.44. The molecule has 6 heterocycles. The van der Waals surface area contributed by atoms with Gasteiger partial charge in [-0.25, -0.2) is 0 Å². The van der Waals surface area contributed by atoms with Crippen LogP contribution in [-0.2, 0) is 47.4 Å². The molecule has 4 aliphatic carbocycles. The lowest BCUT2D eigenvalue weighted by Gasteiger charge is -2.59. The minimum absolute atomic E-state index is 0.0569. The van der Waals surface area contributed by atoms with Crippen LogP contribution in [-0.4, -0.2) is 205 Å². The van der Waals surface area contributed by atoms with Crippen LogP contribution in [0.5, 0.6) is 0 Å². The van der Waals surface area contributed by atoms with Gasteiger partial charge in [-0.3, -0.25) is 0 Å². The Balaban J connectivity index is 0.836. The van der Waals surface area contributed by atoms with Crippen molar-refractivity contribution < 1.29 is 98.4 Å². The molecule has 6 aliphatic heterocycles. The van der Waals surface area contributed by atoms with Crippen molar-refractivity contribution >= 4 is 0 Å². The molecule has 71 heavy (non-hydrogen) atoms. The number of allylic oxidation sites excluding steroid dienone is 1. The predicted octanol–water partition coefficient (Wildman–Crippen LogP) is 0.0935. The van der Waals surface area contributed by atoms with E-state index in [1.807, 2.05) is 0 Å². The lowest BCUT2D eigenvalue weighted by molar-refractivity contribution is -0.394. The number of aliphatic hydroxyl groups excluding tert-OH is 10. The van der Waals surface area contributed by atoms with Gasteiger partial charge in [0.05, 0.1) is 43.7 Å². The number of rotatable bonds is 9. The maximum atomic E-state index is 12.2. The molecule has 10 rings (SSSR count). The van der Waals surface area contributed by atoms with Crippen molar-refractivity contribution in [2.75, 3.05) is 13.2 Å². The van der Waals surface area contributed by atoms with Gasteiger partial charge < -0.3 is 98.4 Å². The van der Waals surface area contributed by atoms with Gasteiger partial charge in [0.25, 0.3) is 0 Å². The first kappa shape index (κ1) is 53.3. The van der Waals surface area contributed by atoms with Gasteiger partial charge >= 0.3 is 0 Å². The van der Waals surface area contributed by atoms with Gasteiger partial charge in [0.15, 0.2) is 30.9 Å². The number of hydrogen-bond donors (Lipinski definition) is 10. The van der Waals surface area contributed by atoms with E-state index < -0.39 is 141 Å². The van der Waals surface area contributed by atoms with E-state index in [1.54, 1.807) is 0 Å². The molecule has 10 aliphatic rings. The molecular formula is C51H82O20. The largest absolute Gasteiger partial charge is 0.394 e. The molecule has 9 fully saturated rings. The average molecular weight is 1020 g/mol. The van der Waals surface area contributed by atoms with Crippen molar-refractivity contribution in [3.05, 3.63) is 11.6 Å². The highest BCUT2D eigenvalue weighted by Gasteiger charge is 2.69. The van der Waals surface area contributed by atoms with Crippen LogP contribution in [0.15, 0.2) is 11.6 Å². The Morgan fingerprint density at radius 2 is 1.20 bits per heavy atom. The fraction of sp³-hybridized carbons (Fsp3) is 0.961. The van der Waals surface area contributed by atoms with Gasteiger partial charge in [-0.15, -0.1) is 0 Å². The van der Waals surface area contributed by atoms with Gasteiger partial charge in [0.2, 0.25) is 0 Å². The second-order valence-electron chi connectivity index (χ2n) is 23.8. The minimum Gasteiger partial charge on any atom is -0.394 e. The maximum Gasteiger partial charge on any atom is 0.187 e. The molecule has 20 heteroatoms. The molecule has 6 unspecified atom stereocenters. The zero-order valence-electron chi connectivity index (χ0n) is 42.1. The van der Waals surface area contributed by atoms with Gasteiger partial charge in [-0.1, -0.05) is 39.3 Å². The van der Waals surface area contributed by atoms with Crippen LogP contribution in [0.4, 0.5) is 0 Å². The Hall–Kier alpha value is -1.06. The summed E-state index contributed by atoms with van der Waals surface area (Å²) in [6.45, 7) is 14.1. The van der Waals surface area contributed by atoms with Gasteiger partial charge in [0, 0.05) is 12.3 Å². The van der Waals surface area contributed by atoms with Crippen molar-refractivity contribution in [1.29, 1.82) is 0 Å². The van der Waals surface area contributed by atoms with E-state index in [1.165, 1.54) is 26.3 Å². The number of fused-ring (bicyclic) bond motifs is 7. The smallest absolute Gasteiger partial charge is 0.187 e. The molecule has 406 valence electrons. The highest BCUT2D eigenvalue weighted by molar-refractivity contribution is 5.26. The molecule has 20 nitrogen and oxygen atoms in total. The van der Waals surface area contributed by atoms with Crippen LogP contribution in [0.1, 0.15) is 106 Å². The van der Waals surface area contributed by atoms with E-state index in [0.717, 1.165) is 51.6 Å². The summed E-state index contributed by atoms with van der Waals surface area (Å²) in [7, 11) is 0. The number of aliphatic hydroxyl groups is 10. The third-order valence-corrected chi connectivity index (χ3v) is 19.7. The molecule has 0 aromatic rings. The summed E-state index contributed by atoms with van der Waals surface area (Å²) in [6, 6.07) is 0. The van der Waals surface area contributed by atoms with E-state index in [0.29, 0.717) is 48.3 Å². The van der Waals surface area contributed by atoms with Crippen molar-refractivity contribution in [3.63, 3.8) is 0 Å². The van der Waals surface area contributed by atoms with E-state index in [-0.39, 0.29) is 16.9 Å². The fourth-order valence-corrected chi connectivity index (χ4v) is 15.4. The van der Waals surface area contributed by atoms with Gasteiger partial charge in [-0.2, -0.15) is 0 Å². The third-order valence-electron chi connectivity index (χ3n) is 19.7. The molecule has 3 saturated carbocycles. The molecule has 0 aromatic carbocycles. The Morgan fingerprint density at radius 1 is 0.592 bits per heavy atom. The highest BCUT2D eigenvalue weighted by Crippen LogP contribution is 2.71. The number of ether oxygens (including phenoxy) is 10. The summed E-state index contributed by atoms with van der Waals surface area (Å²) in [5, 5.41) is 109. The second-order valence-corrected chi connectivity index (χ2v) is 23.8. The molecule has 6 saturated heterocycles. The quantitative estimate of drug-likeness (QED) is 0.137. The molecule has 0 aromatic heterocycles. The monoisotopic (exact) mass is 1010 g/mol. The zero-order valence-corrected chi connectivity index (χ0v) is 42.1. The highest BCUT2D eigenvalue weighted by atomic mass is 16.8. The minimum atomic E-state index is -1.85. The second kappa shape index (κ2) is 20.1. The van der Waals surface area contributed by atoms with Crippen LogP contribution in [0, 0.1) is 46.3 Å². The van der Waals surface area contributed by atoms with Crippen LogP contribution >= 0.6 is 0 Å². The van der Waals surface area contributed by atoms with Crippen LogP contribution < -0.4 is 0 Å². The summed E-state index contributed by atoms with van der Waals surface area (Å²) in [4.78, 5) is 0. The molecule has 0 bridgehead atoms. The van der Waals surface area contributed by atoms with Crippen LogP contribution in [0.2, 0.25) is 0 Å². The molecule has 0 amide bonds. The Labute approximate surface area is 415 Å². The van der Waals surface area contributed by atoms with Crippen molar-refractivity contribution in [2.45, 2.75) is 247 Å². The number of hydrogen-bond acceptors (Lipinski definition) is 20. The van der Waals surface area contributed by atoms with Gasteiger partial charge in [-0.05, 0) is 113 Å². The normalized spacial score (nSPS) is 58.4. The molecule has 10 N–H and O–H groups in total. The van der Waals surface area contributed by atoms with Crippen LogP contribution in [0.3, 0.4) is 0 Å². The first-order chi connectivity index (χ1) is 33.6. The SMILES string of the molecule is CC1C2C(CC3C4CC=C5C[C@@H](O[C@@H]6O[C@H](CO)[C@@H](O[C@@H]7O[C@@H](C)[C@H](O[C@@H]8O[C@@H](C)[C@H](O)[C@@H](O)[C@H]8O)[C@@H](O)[C@H]7O)[C@H](O)[C@H]6O[C@@H]6O[C@@H](C)[C@H](O)[C@@H](O)[C@H]6O)CC[C@]5(C)C4CC[C@@]32C)O[C@]12CC[C@@H](C)CO2. The summed E-state index contributed by atoms with van der Waals surface area (Å²) < 4.78 is 62.2. The van der Waals surface area contributed by atoms with E-state index in [2.05, 4.69) is 33.8 Å². The summed E-state index contributed by atoms with van der Waals surface area (Å²) in [6.07, 6.45) is -19.0. The topological polar surface area (TPSA) is 295 Å². The zero-order chi connectivity index (χ0) is 50.8. The molecular weight excluding hydrogens is 933 g/mol. The standard InChI is InChI=1S/C51H82O20/c1-20-10-15-51(62-19-20)21(2)32-30(71-51)17-29-27-9-8-25-16-26(11-13-49(25,6)28(27)12-14-50(29,32)7)66-48-44(70-46-39(59)36(56)34(54)23(4)64-46)41(61)43(31(18-52)67-48)69-47-40(60)37(57)42(24(5)65-47)68-45-38(58)35(55)33(53)22(3)63-45/h8,20-24,26-48,52-61H,9-19H2,1-7H3/t20-,21?,22+,23+,24+,26+,27?,28?,29?,30?,31-,32?,33+,34+,35-,36-,37+,38-,39-,40-,41+,42+,43-,44-,45+,46+,47+,48-,49+,50+,51-/m1/s1. The lowest BCUT2D eigenvalue weighted by atomic mass is 9.47. The summed E-state index contributed by atoms with van der Waals surface area (Å²) >= 11 is 0. The molecule has 0 radical (unpaired) electrons.